The lowest BCUT2D eigenvalue weighted by Gasteiger charge is -2.43. The van der Waals surface area contributed by atoms with Crippen LogP contribution in [0.25, 0.3) is 0 Å². The van der Waals surface area contributed by atoms with Crippen LogP contribution in [0.3, 0.4) is 0 Å². The fraction of sp³-hybridized carbons (Fsp3) is 0.478. The molecule has 11 nitrogen and oxygen atoms in total. The largest absolute Gasteiger partial charge is 0.493 e. The number of methoxy groups -OCH3 is 3. The molecule has 2 amide bonds. The third kappa shape index (κ3) is 4.69. The Hall–Kier alpha value is -3.60. The van der Waals surface area contributed by atoms with E-state index in [1.165, 1.54) is 29.9 Å². The number of nitrogens with zero attached hydrogens (tertiary/aromatic N) is 3. The zero-order valence-corrected chi connectivity index (χ0v) is 20.0. The lowest BCUT2D eigenvalue weighted by Crippen LogP contribution is -2.64. The Morgan fingerprint density at radius 3 is 2.53 bits per heavy atom. The van der Waals surface area contributed by atoms with Crippen LogP contribution in [0.1, 0.15) is 41.2 Å². The van der Waals surface area contributed by atoms with Gasteiger partial charge < -0.3 is 24.3 Å². The normalized spacial score (nSPS) is 17.2. The Morgan fingerprint density at radius 2 is 1.88 bits per heavy atom. The van der Waals surface area contributed by atoms with E-state index in [4.69, 9.17) is 18.9 Å². The van der Waals surface area contributed by atoms with E-state index in [0.29, 0.717) is 36.8 Å². The van der Waals surface area contributed by atoms with Gasteiger partial charge in [0.2, 0.25) is 5.91 Å². The molecule has 2 heterocycles. The second-order valence-electron chi connectivity index (χ2n) is 7.85. The van der Waals surface area contributed by atoms with Gasteiger partial charge in [-0.1, -0.05) is 0 Å². The number of amides is 2. The number of rotatable bonds is 10. The Morgan fingerprint density at radius 1 is 1.15 bits per heavy atom. The first-order valence-electron chi connectivity index (χ1n) is 10.9. The van der Waals surface area contributed by atoms with Crippen LogP contribution in [0.4, 0.5) is 5.69 Å². The molecule has 0 radical (unpaired) electrons. The molecule has 11 heteroatoms. The summed E-state index contributed by atoms with van der Waals surface area (Å²) >= 11 is 0. The van der Waals surface area contributed by atoms with Crippen molar-refractivity contribution >= 4 is 23.5 Å². The monoisotopic (exact) mass is 474 g/mol. The van der Waals surface area contributed by atoms with Crippen molar-refractivity contribution in [2.75, 3.05) is 46.0 Å². The standard InChI is InChI=1S/C23H30N4O7/c1-6-34-21(29)16-13-17-20(28)27(15-8-9-18(32-4)19(12-15)33-5)23(2,14-26(17)25-16)22(30)24-10-7-11-31-3/h8-9,12-13H,6-7,10-11,14H2,1-5H3,(H,24,30). The molecule has 1 N–H and O–H groups in total. The topological polar surface area (TPSA) is 121 Å². The van der Waals surface area contributed by atoms with Crippen molar-refractivity contribution in [2.24, 2.45) is 0 Å². The molecule has 1 aromatic heterocycles. The minimum atomic E-state index is -1.35. The van der Waals surface area contributed by atoms with Crippen LogP contribution < -0.4 is 19.7 Å². The molecule has 3 rings (SSSR count). The fourth-order valence-corrected chi connectivity index (χ4v) is 3.86. The number of benzene rings is 1. The molecule has 2 aromatic rings. The highest BCUT2D eigenvalue weighted by atomic mass is 16.5. The number of fused-ring (bicyclic) bond motifs is 1. The summed E-state index contributed by atoms with van der Waals surface area (Å²) in [6.45, 7) is 4.40. The van der Waals surface area contributed by atoms with E-state index in [0.717, 1.165) is 0 Å². The van der Waals surface area contributed by atoms with Gasteiger partial charge in [0, 0.05) is 38.1 Å². The van der Waals surface area contributed by atoms with E-state index >= 15 is 0 Å². The molecule has 0 spiro atoms. The summed E-state index contributed by atoms with van der Waals surface area (Å²) in [5, 5.41) is 7.12. The Labute approximate surface area is 197 Å². The summed E-state index contributed by atoms with van der Waals surface area (Å²) in [7, 11) is 4.58. The Kier molecular flexibility index (Phi) is 7.77. The van der Waals surface area contributed by atoms with Crippen molar-refractivity contribution in [3.8, 4) is 11.5 Å². The second-order valence-corrected chi connectivity index (χ2v) is 7.85. The molecule has 1 unspecified atom stereocenters. The van der Waals surface area contributed by atoms with Crippen LogP contribution in [0.2, 0.25) is 0 Å². The van der Waals surface area contributed by atoms with Crippen LogP contribution in [-0.4, -0.2) is 74.2 Å². The first-order chi connectivity index (χ1) is 16.3. The molecular weight excluding hydrogens is 444 g/mol. The van der Waals surface area contributed by atoms with Crippen molar-refractivity contribution in [1.29, 1.82) is 0 Å². The maximum absolute atomic E-state index is 13.7. The maximum Gasteiger partial charge on any atom is 0.358 e. The van der Waals surface area contributed by atoms with Crippen molar-refractivity contribution in [1.82, 2.24) is 15.1 Å². The fourth-order valence-electron chi connectivity index (χ4n) is 3.86. The van der Waals surface area contributed by atoms with Crippen LogP contribution in [-0.2, 0) is 20.8 Å². The van der Waals surface area contributed by atoms with E-state index in [9.17, 15) is 14.4 Å². The zero-order chi connectivity index (χ0) is 24.9. The van der Waals surface area contributed by atoms with E-state index in [1.807, 2.05) is 0 Å². The number of nitrogens with one attached hydrogen (secondary N) is 1. The molecule has 34 heavy (non-hydrogen) atoms. The predicted octanol–water partition coefficient (Wildman–Crippen LogP) is 1.65. The number of carbonyl (C=O) groups excluding carboxylic acids is 3. The van der Waals surface area contributed by atoms with Gasteiger partial charge >= 0.3 is 5.97 Å². The van der Waals surface area contributed by atoms with Crippen molar-refractivity contribution in [2.45, 2.75) is 32.4 Å². The van der Waals surface area contributed by atoms with E-state index in [2.05, 4.69) is 10.4 Å². The third-order valence-electron chi connectivity index (χ3n) is 5.56. The minimum absolute atomic E-state index is 0.00205. The quantitative estimate of drug-likeness (QED) is 0.408. The summed E-state index contributed by atoms with van der Waals surface area (Å²) in [6, 6.07) is 6.35. The first-order valence-corrected chi connectivity index (χ1v) is 10.9. The lowest BCUT2D eigenvalue weighted by atomic mass is 9.94. The molecule has 1 aliphatic rings. The number of aromatic nitrogens is 2. The number of anilines is 1. The smallest absolute Gasteiger partial charge is 0.358 e. The summed E-state index contributed by atoms with van der Waals surface area (Å²) < 4.78 is 22.1. The van der Waals surface area contributed by atoms with Gasteiger partial charge in [0.15, 0.2) is 17.2 Å². The van der Waals surface area contributed by atoms with Gasteiger partial charge in [-0.2, -0.15) is 5.10 Å². The van der Waals surface area contributed by atoms with E-state index < -0.39 is 17.4 Å². The van der Waals surface area contributed by atoms with E-state index in [1.54, 1.807) is 39.2 Å². The highest BCUT2D eigenvalue weighted by Gasteiger charge is 2.49. The van der Waals surface area contributed by atoms with Crippen LogP contribution >= 0.6 is 0 Å². The van der Waals surface area contributed by atoms with Gasteiger partial charge in [0.25, 0.3) is 5.91 Å². The molecule has 1 atom stereocenters. The molecule has 0 fully saturated rings. The second kappa shape index (κ2) is 10.6. The summed E-state index contributed by atoms with van der Waals surface area (Å²) in [5.74, 6) is -0.611. The third-order valence-corrected chi connectivity index (χ3v) is 5.56. The number of esters is 1. The van der Waals surface area contributed by atoms with Crippen LogP contribution in [0.15, 0.2) is 24.3 Å². The van der Waals surface area contributed by atoms with Crippen LogP contribution in [0, 0.1) is 0 Å². The zero-order valence-electron chi connectivity index (χ0n) is 20.0. The number of ether oxygens (including phenoxy) is 4. The average molecular weight is 475 g/mol. The average Bonchev–Trinajstić information content (AvgIpc) is 3.26. The van der Waals surface area contributed by atoms with Gasteiger partial charge in [0.05, 0.1) is 27.4 Å². The highest BCUT2D eigenvalue weighted by Crippen LogP contribution is 2.37. The van der Waals surface area contributed by atoms with E-state index in [-0.39, 0.29) is 30.4 Å². The summed E-state index contributed by atoms with van der Waals surface area (Å²) in [5.41, 5.74) is -0.749. The van der Waals surface area contributed by atoms with Gasteiger partial charge in [0.1, 0.15) is 11.2 Å². The summed E-state index contributed by atoms with van der Waals surface area (Å²) in [6.07, 6.45) is 0.614. The minimum Gasteiger partial charge on any atom is -0.493 e. The van der Waals surface area contributed by atoms with Crippen molar-refractivity contribution < 1.29 is 33.3 Å². The molecule has 0 saturated heterocycles. The lowest BCUT2D eigenvalue weighted by molar-refractivity contribution is -0.126. The first kappa shape index (κ1) is 25.0. The molecule has 1 aromatic carbocycles. The van der Waals surface area contributed by atoms with Gasteiger partial charge in [-0.15, -0.1) is 0 Å². The maximum atomic E-state index is 13.7. The molecule has 0 bridgehead atoms. The van der Waals surface area contributed by atoms with Crippen molar-refractivity contribution in [3.63, 3.8) is 0 Å². The number of carbonyl (C=O) groups is 3. The van der Waals surface area contributed by atoms with Gasteiger partial charge in [-0.05, 0) is 32.4 Å². The molecule has 0 saturated carbocycles. The Balaban J connectivity index is 2.06. The van der Waals surface area contributed by atoms with Gasteiger partial charge in [-0.3, -0.25) is 19.2 Å². The molecule has 0 aliphatic carbocycles. The van der Waals surface area contributed by atoms with Crippen molar-refractivity contribution in [3.05, 3.63) is 35.7 Å². The number of hydrogen-bond donors (Lipinski definition) is 1. The highest BCUT2D eigenvalue weighted by molar-refractivity contribution is 6.12. The Bertz CT molecular complexity index is 1070. The van der Waals surface area contributed by atoms with Gasteiger partial charge in [-0.25, -0.2) is 4.79 Å². The SMILES string of the molecule is CCOC(=O)c1cc2n(n1)CC(C)(C(=O)NCCCOC)N(c1ccc(OC)c(OC)c1)C2=O. The molecule has 1 aliphatic heterocycles. The van der Waals surface area contributed by atoms with Crippen LogP contribution in [0.5, 0.6) is 11.5 Å². The summed E-state index contributed by atoms with van der Waals surface area (Å²) in [4.78, 5) is 40.7. The number of hydrogen-bond acceptors (Lipinski definition) is 8. The molecular formula is C23H30N4O7. The predicted molar refractivity (Wildman–Crippen MR) is 122 cm³/mol. The molecule has 184 valence electrons.